The van der Waals surface area contributed by atoms with Gasteiger partial charge in [0.1, 0.15) is 0 Å². The van der Waals surface area contributed by atoms with E-state index in [1.807, 2.05) is 6.07 Å². The fourth-order valence-electron chi connectivity index (χ4n) is 4.01. The summed E-state index contributed by atoms with van der Waals surface area (Å²) in [6, 6.07) is 11.2. The maximum atomic E-state index is 6.32. The van der Waals surface area contributed by atoms with Crippen molar-refractivity contribution in [3.63, 3.8) is 0 Å². The average Bonchev–Trinajstić information content (AvgIpc) is 2.64. The summed E-state index contributed by atoms with van der Waals surface area (Å²) in [6.07, 6.45) is 0. The Labute approximate surface area is 152 Å². The molecular weight excluding hydrogens is 312 g/mol. The molecule has 2 aromatic carbocycles. The number of hydrogen-bond donors (Lipinski definition) is 0. The summed E-state index contributed by atoms with van der Waals surface area (Å²) in [5.41, 5.74) is 8.63. The largest absolute Gasteiger partial charge is 0.0843 e. The van der Waals surface area contributed by atoms with E-state index in [4.69, 9.17) is 11.6 Å². The number of halogens is 1. The van der Waals surface area contributed by atoms with Crippen LogP contribution < -0.4 is 0 Å². The lowest BCUT2D eigenvalue weighted by Crippen LogP contribution is -2.24. The van der Waals surface area contributed by atoms with Crippen LogP contribution in [0.3, 0.4) is 0 Å². The molecule has 0 atom stereocenters. The first-order chi connectivity index (χ1) is 10.8. The van der Waals surface area contributed by atoms with Crippen molar-refractivity contribution >= 4 is 11.6 Å². The topological polar surface area (TPSA) is 0 Å². The maximum absolute atomic E-state index is 6.32. The minimum atomic E-state index is 0.0195. The highest BCUT2D eigenvalue weighted by Gasteiger charge is 2.38. The van der Waals surface area contributed by atoms with Gasteiger partial charge in [-0.05, 0) is 56.3 Å². The van der Waals surface area contributed by atoms with Gasteiger partial charge in [0, 0.05) is 10.4 Å². The average molecular weight is 341 g/mol. The third kappa shape index (κ3) is 2.60. The molecule has 0 aromatic heterocycles. The summed E-state index contributed by atoms with van der Waals surface area (Å²) >= 11 is 6.32. The second-order valence-electron chi connectivity index (χ2n) is 9.76. The summed E-state index contributed by atoms with van der Waals surface area (Å²) in [4.78, 5) is 0. The lowest BCUT2D eigenvalue weighted by Gasteiger charge is -2.32. The van der Waals surface area contributed by atoms with Crippen LogP contribution in [0.4, 0.5) is 0 Å². The van der Waals surface area contributed by atoms with Gasteiger partial charge in [-0.2, -0.15) is 0 Å². The summed E-state index contributed by atoms with van der Waals surface area (Å²) in [6.45, 7) is 18.5. The van der Waals surface area contributed by atoms with E-state index in [2.05, 4.69) is 79.7 Å². The van der Waals surface area contributed by atoms with E-state index in [-0.39, 0.29) is 16.2 Å². The minimum absolute atomic E-state index is 0.0195. The third-order valence-electron chi connectivity index (χ3n) is 5.39. The highest BCUT2D eigenvalue weighted by molar-refractivity contribution is 6.31. The van der Waals surface area contributed by atoms with Crippen molar-refractivity contribution in [1.29, 1.82) is 0 Å². The molecule has 0 saturated carbocycles. The maximum Gasteiger partial charge on any atom is 0.0412 e. The predicted molar refractivity (Wildman–Crippen MR) is 106 cm³/mol. The Morgan fingerprint density at radius 2 is 1.21 bits per heavy atom. The first-order valence-electron chi connectivity index (χ1n) is 8.83. The highest BCUT2D eigenvalue weighted by Crippen LogP contribution is 2.52. The quantitative estimate of drug-likeness (QED) is 0.474. The van der Waals surface area contributed by atoms with Crippen LogP contribution in [-0.4, -0.2) is 0 Å². The van der Waals surface area contributed by atoms with Crippen molar-refractivity contribution in [3.8, 4) is 11.1 Å². The van der Waals surface area contributed by atoms with Crippen LogP contribution >= 0.6 is 11.6 Å². The molecule has 0 aliphatic heterocycles. The Balaban J connectivity index is 2.40. The Morgan fingerprint density at radius 3 is 1.75 bits per heavy atom. The zero-order chi connectivity index (χ0) is 18.1. The molecule has 0 spiro atoms. The van der Waals surface area contributed by atoms with Crippen LogP contribution in [0.25, 0.3) is 11.1 Å². The van der Waals surface area contributed by atoms with Crippen LogP contribution in [0.5, 0.6) is 0 Å². The van der Waals surface area contributed by atoms with Gasteiger partial charge in [0.2, 0.25) is 0 Å². The van der Waals surface area contributed by atoms with E-state index < -0.39 is 0 Å². The Hall–Kier alpha value is -1.27. The van der Waals surface area contributed by atoms with Gasteiger partial charge in [-0.1, -0.05) is 85.2 Å². The van der Waals surface area contributed by atoms with E-state index in [9.17, 15) is 0 Å². The van der Waals surface area contributed by atoms with Gasteiger partial charge in [-0.15, -0.1) is 0 Å². The third-order valence-corrected chi connectivity index (χ3v) is 5.63. The normalized spacial score (nSPS) is 16.0. The van der Waals surface area contributed by atoms with E-state index in [1.54, 1.807) is 0 Å². The molecule has 0 bridgehead atoms. The minimum Gasteiger partial charge on any atom is -0.0843 e. The van der Waals surface area contributed by atoms with Crippen molar-refractivity contribution in [1.82, 2.24) is 0 Å². The van der Waals surface area contributed by atoms with Gasteiger partial charge >= 0.3 is 0 Å². The zero-order valence-electron chi connectivity index (χ0n) is 16.3. The van der Waals surface area contributed by atoms with Crippen molar-refractivity contribution in [2.24, 2.45) is 0 Å². The van der Waals surface area contributed by atoms with Crippen molar-refractivity contribution < 1.29 is 0 Å². The molecule has 1 aliphatic rings. The summed E-state index contributed by atoms with van der Waals surface area (Å²) in [5.74, 6) is 0. The summed E-state index contributed by atoms with van der Waals surface area (Å²) < 4.78 is 0. The fourth-order valence-corrected chi connectivity index (χ4v) is 4.18. The molecule has 24 heavy (non-hydrogen) atoms. The molecule has 3 rings (SSSR count). The van der Waals surface area contributed by atoms with Crippen LogP contribution in [0.2, 0.25) is 5.02 Å². The molecule has 0 amide bonds. The second-order valence-corrected chi connectivity index (χ2v) is 10.2. The van der Waals surface area contributed by atoms with Gasteiger partial charge in [-0.25, -0.2) is 0 Å². The number of fused-ring (bicyclic) bond motifs is 3. The van der Waals surface area contributed by atoms with Gasteiger partial charge in [0.25, 0.3) is 0 Å². The fraction of sp³-hybridized carbons (Fsp3) is 0.478. The first kappa shape index (κ1) is 17.5. The van der Waals surface area contributed by atoms with E-state index >= 15 is 0 Å². The Morgan fingerprint density at radius 1 is 0.708 bits per heavy atom. The second kappa shape index (κ2) is 5.11. The lowest BCUT2D eigenvalue weighted by molar-refractivity contribution is 0.527. The Kier molecular flexibility index (Phi) is 3.74. The smallest absolute Gasteiger partial charge is 0.0412 e. The van der Waals surface area contributed by atoms with E-state index in [0.717, 1.165) is 5.02 Å². The number of rotatable bonds is 0. The van der Waals surface area contributed by atoms with Gasteiger partial charge < -0.3 is 0 Å². The number of benzene rings is 2. The van der Waals surface area contributed by atoms with Crippen molar-refractivity contribution in [2.45, 2.75) is 71.6 Å². The molecule has 1 heteroatoms. The van der Waals surface area contributed by atoms with Crippen LogP contribution in [0.1, 0.15) is 77.6 Å². The van der Waals surface area contributed by atoms with Crippen LogP contribution in [-0.2, 0) is 16.2 Å². The predicted octanol–water partition coefficient (Wildman–Crippen LogP) is 7.24. The van der Waals surface area contributed by atoms with Gasteiger partial charge in [-0.3, -0.25) is 0 Å². The highest BCUT2D eigenvalue weighted by atomic mass is 35.5. The molecule has 2 aromatic rings. The molecule has 0 unspecified atom stereocenters. The molecule has 0 saturated heterocycles. The van der Waals surface area contributed by atoms with Crippen LogP contribution in [0, 0.1) is 0 Å². The summed E-state index contributed by atoms with van der Waals surface area (Å²) in [7, 11) is 0. The number of hydrogen-bond acceptors (Lipinski definition) is 0. The van der Waals surface area contributed by atoms with E-state index in [1.165, 1.54) is 33.4 Å². The first-order valence-corrected chi connectivity index (χ1v) is 9.21. The van der Waals surface area contributed by atoms with Crippen molar-refractivity contribution in [3.05, 3.63) is 57.6 Å². The molecule has 0 radical (unpaired) electrons. The zero-order valence-corrected chi connectivity index (χ0v) is 17.0. The molecule has 0 nitrogen and oxygen atoms in total. The van der Waals surface area contributed by atoms with Gasteiger partial charge in [0.15, 0.2) is 0 Å². The van der Waals surface area contributed by atoms with Crippen LogP contribution in [0.15, 0.2) is 30.3 Å². The molecule has 128 valence electrons. The lowest BCUT2D eigenvalue weighted by atomic mass is 9.72. The monoisotopic (exact) mass is 340 g/mol. The van der Waals surface area contributed by atoms with E-state index in [0.29, 0.717) is 0 Å². The molecule has 0 N–H and O–H groups in total. The standard InChI is InChI=1S/C23H29Cl/c1-21(2,3)19-12-16-15-11-14(24)9-10-17(15)23(7,8)18(16)13-20(19)22(4,5)6/h9-13H,1-8H3. The molecule has 1 aliphatic carbocycles. The molecule has 0 heterocycles. The van der Waals surface area contributed by atoms with Crippen molar-refractivity contribution in [2.75, 3.05) is 0 Å². The molecule has 0 fully saturated rings. The summed E-state index contributed by atoms with van der Waals surface area (Å²) in [5, 5.41) is 0.814. The SMILES string of the molecule is CC(C)(C)c1cc2c(cc1C(C)(C)C)C(C)(C)c1ccc(Cl)cc1-2. The van der Waals surface area contributed by atoms with Gasteiger partial charge in [0.05, 0.1) is 0 Å². The Bertz CT molecular complexity index is 811. The molecular formula is C23H29Cl.